The van der Waals surface area contributed by atoms with Crippen molar-refractivity contribution < 1.29 is 8.42 Å². The van der Waals surface area contributed by atoms with Crippen LogP contribution in [0.4, 0.5) is 0 Å². The van der Waals surface area contributed by atoms with E-state index in [0.29, 0.717) is 18.3 Å². The lowest BCUT2D eigenvalue weighted by atomic mass is 10.2. The van der Waals surface area contributed by atoms with Crippen LogP contribution in [-0.4, -0.2) is 45.1 Å². The zero-order valence-corrected chi connectivity index (χ0v) is 11.9. The molecule has 0 radical (unpaired) electrons. The quantitative estimate of drug-likeness (QED) is 0.670. The molecule has 1 rings (SSSR count). The minimum Gasteiger partial charge on any atom is -0.315 e. The molecule has 17 heavy (non-hydrogen) atoms. The molecule has 0 aliphatic carbocycles. The van der Waals surface area contributed by atoms with Crippen LogP contribution < -0.4 is 10.6 Å². The summed E-state index contributed by atoms with van der Waals surface area (Å²) in [4.78, 5) is 0. The Labute approximate surface area is 105 Å². The van der Waals surface area contributed by atoms with Gasteiger partial charge in [-0.1, -0.05) is 20.3 Å². The van der Waals surface area contributed by atoms with Gasteiger partial charge in [0.2, 0.25) is 0 Å². The fourth-order valence-electron chi connectivity index (χ4n) is 2.12. The highest BCUT2D eigenvalue weighted by molar-refractivity contribution is 7.92. The summed E-state index contributed by atoms with van der Waals surface area (Å²) in [6, 6.07) is 0.522. The van der Waals surface area contributed by atoms with Crippen LogP contribution in [0.2, 0.25) is 0 Å². The molecule has 1 aliphatic rings. The summed E-state index contributed by atoms with van der Waals surface area (Å²) >= 11 is 0. The molecule has 4 nitrogen and oxygen atoms in total. The first-order chi connectivity index (χ1) is 8.02. The molecule has 1 fully saturated rings. The summed E-state index contributed by atoms with van der Waals surface area (Å²) in [5, 5.41) is 6.46. The van der Waals surface area contributed by atoms with Crippen LogP contribution in [0, 0.1) is 0 Å². The molecule has 1 saturated heterocycles. The number of hydrogen-bond donors (Lipinski definition) is 2. The molecule has 0 bridgehead atoms. The first-order valence-electron chi connectivity index (χ1n) is 6.68. The van der Waals surface area contributed by atoms with Crippen LogP contribution in [0.25, 0.3) is 0 Å². The van der Waals surface area contributed by atoms with Gasteiger partial charge in [0.1, 0.15) is 0 Å². The topological polar surface area (TPSA) is 58.2 Å². The van der Waals surface area contributed by atoms with E-state index in [0.717, 1.165) is 38.8 Å². The Kier molecular flexibility index (Phi) is 6.44. The zero-order valence-electron chi connectivity index (χ0n) is 11.0. The molecule has 0 aromatic carbocycles. The molecule has 0 aromatic heterocycles. The fraction of sp³-hybridized carbons (Fsp3) is 1.00. The summed E-state index contributed by atoms with van der Waals surface area (Å²) < 4.78 is 23.5. The van der Waals surface area contributed by atoms with E-state index in [2.05, 4.69) is 24.5 Å². The van der Waals surface area contributed by atoms with Crippen LogP contribution in [0.15, 0.2) is 0 Å². The van der Waals surface area contributed by atoms with E-state index in [4.69, 9.17) is 0 Å². The van der Waals surface area contributed by atoms with Crippen LogP contribution in [0.3, 0.4) is 0 Å². The average molecular weight is 262 g/mol. The van der Waals surface area contributed by atoms with Gasteiger partial charge in [0.15, 0.2) is 9.84 Å². The van der Waals surface area contributed by atoms with Gasteiger partial charge < -0.3 is 10.6 Å². The minimum absolute atomic E-state index is 0.144. The van der Waals surface area contributed by atoms with Crippen molar-refractivity contribution in [2.45, 2.75) is 50.8 Å². The third kappa shape index (κ3) is 5.84. The van der Waals surface area contributed by atoms with E-state index in [1.165, 1.54) is 0 Å². The molecule has 0 aromatic rings. The number of sulfone groups is 1. The maximum Gasteiger partial charge on any atom is 0.154 e. The minimum atomic E-state index is -2.81. The van der Waals surface area contributed by atoms with E-state index < -0.39 is 9.84 Å². The van der Waals surface area contributed by atoms with Crippen molar-refractivity contribution in [3.8, 4) is 0 Å². The summed E-state index contributed by atoms with van der Waals surface area (Å²) in [5.41, 5.74) is 0. The molecular weight excluding hydrogens is 236 g/mol. The predicted molar refractivity (Wildman–Crippen MR) is 72.1 cm³/mol. The van der Waals surface area contributed by atoms with Crippen LogP contribution >= 0.6 is 0 Å². The summed E-state index contributed by atoms with van der Waals surface area (Å²) in [7, 11) is -2.81. The lowest BCUT2D eigenvalue weighted by molar-refractivity contribution is 0.508. The van der Waals surface area contributed by atoms with Crippen molar-refractivity contribution >= 4 is 9.84 Å². The standard InChI is InChI=1S/C12H26N2O2S/c1-11(2)14-8-5-7-13-10-12-6-3-4-9-17(12,15)16/h11-14H,3-10H2,1-2H3. The van der Waals surface area contributed by atoms with E-state index in [-0.39, 0.29) is 5.25 Å². The Morgan fingerprint density at radius 2 is 2.00 bits per heavy atom. The molecule has 5 heteroatoms. The van der Waals surface area contributed by atoms with Crippen molar-refractivity contribution in [2.24, 2.45) is 0 Å². The Hall–Kier alpha value is -0.130. The number of nitrogens with one attached hydrogen (secondary N) is 2. The average Bonchev–Trinajstić information content (AvgIpc) is 2.24. The van der Waals surface area contributed by atoms with Gasteiger partial charge in [-0.3, -0.25) is 0 Å². The van der Waals surface area contributed by atoms with Crippen molar-refractivity contribution in [3.05, 3.63) is 0 Å². The van der Waals surface area contributed by atoms with Crippen molar-refractivity contribution in [1.29, 1.82) is 0 Å². The second-order valence-electron chi connectivity index (χ2n) is 5.15. The predicted octanol–water partition coefficient (Wildman–Crippen LogP) is 0.931. The largest absolute Gasteiger partial charge is 0.315 e. The fourth-order valence-corrected chi connectivity index (χ4v) is 3.96. The van der Waals surface area contributed by atoms with Gasteiger partial charge in [0.05, 0.1) is 11.0 Å². The number of hydrogen-bond acceptors (Lipinski definition) is 4. The molecule has 0 amide bonds. The van der Waals surface area contributed by atoms with Gasteiger partial charge in [-0.15, -0.1) is 0 Å². The van der Waals surface area contributed by atoms with Crippen LogP contribution in [-0.2, 0) is 9.84 Å². The zero-order chi connectivity index (χ0) is 12.7. The van der Waals surface area contributed by atoms with Crippen LogP contribution in [0.5, 0.6) is 0 Å². The number of rotatable bonds is 7. The first kappa shape index (κ1) is 14.9. The van der Waals surface area contributed by atoms with Crippen molar-refractivity contribution in [3.63, 3.8) is 0 Å². The van der Waals surface area contributed by atoms with E-state index >= 15 is 0 Å². The Morgan fingerprint density at radius 1 is 1.24 bits per heavy atom. The molecule has 102 valence electrons. The third-order valence-corrected chi connectivity index (χ3v) is 5.44. The van der Waals surface area contributed by atoms with Crippen LogP contribution in [0.1, 0.15) is 39.5 Å². The lowest BCUT2D eigenvalue weighted by Gasteiger charge is -2.22. The van der Waals surface area contributed by atoms with Gasteiger partial charge in [0.25, 0.3) is 0 Å². The molecule has 1 heterocycles. The van der Waals surface area contributed by atoms with E-state index in [1.807, 2.05) is 0 Å². The highest BCUT2D eigenvalue weighted by Crippen LogP contribution is 2.18. The van der Waals surface area contributed by atoms with E-state index in [9.17, 15) is 8.42 Å². The van der Waals surface area contributed by atoms with Crippen molar-refractivity contribution in [2.75, 3.05) is 25.4 Å². The molecule has 1 atom stereocenters. The Balaban J connectivity index is 2.09. The molecule has 1 unspecified atom stereocenters. The lowest BCUT2D eigenvalue weighted by Crippen LogP contribution is -2.38. The summed E-state index contributed by atoms with van der Waals surface area (Å²) in [6.45, 7) is 6.77. The normalized spacial score (nSPS) is 24.1. The third-order valence-electron chi connectivity index (χ3n) is 3.17. The monoisotopic (exact) mass is 262 g/mol. The molecular formula is C12H26N2O2S. The second kappa shape index (κ2) is 7.34. The maximum absolute atomic E-state index is 11.7. The van der Waals surface area contributed by atoms with Gasteiger partial charge in [-0.25, -0.2) is 8.42 Å². The Bertz CT molecular complexity index is 302. The SMILES string of the molecule is CC(C)NCCCNCC1CCCCS1(=O)=O. The summed E-state index contributed by atoms with van der Waals surface area (Å²) in [6.07, 6.45) is 3.78. The van der Waals surface area contributed by atoms with Crippen molar-refractivity contribution in [1.82, 2.24) is 10.6 Å². The van der Waals surface area contributed by atoms with Gasteiger partial charge in [0, 0.05) is 12.6 Å². The highest BCUT2D eigenvalue weighted by Gasteiger charge is 2.27. The maximum atomic E-state index is 11.7. The van der Waals surface area contributed by atoms with Gasteiger partial charge in [-0.05, 0) is 32.4 Å². The van der Waals surface area contributed by atoms with Gasteiger partial charge >= 0.3 is 0 Å². The Morgan fingerprint density at radius 3 is 2.65 bits per heavy atom. The molecule has 0 saturated carbocycles. The molecule has 0 spiro atoms. The molecule has 1 aliphatic heterocycles. The second-order valence-corrected chi connectivity index (χ2v) is 7.55. The smallest absolute Gasteiger partial charge is 0.154 e. The van der Waals surface area contributed by atoms with E-state index in [1.54, 1.807) is 0 Å². The van der Waals surface area contributed by atoms with Gasteiger partial charge in [-0.2, -0.15) is 0 Å². The first-order valence-corrected chi connectivity index (χ1v) is 8.39. The molecule has 2 N–H and O–H groups in total. The summed E-state index contributed by atoms with van der Waals surface area (Å²) in [5.74, 6) is 0.383. The highest BCUT2D eigenvalue weighted by atomic mass is 32.2.